The molecule has 28 heavy (non-hydrogen) atoms. The first-order valence-corrected chi connectivity index (χ1v) is 8.60. The zero-order chi connectivity index (χ0) is 21.1. The van der Waals surface area contributed by atoms with Gasteiger partial charge in [-0.25, -0.2) is 0 Å². The Morgan fingerprint density at radius 2 is 1.61 bits per heavy atom. The average molecular weight is 414 g/mol. The predicted molar refractivity (Wildman–Crippen MR) is 84.2 cm³/mol. The van der Waals surface area contributed by atoms with Crippen LogP contribution in [0.25, 0.3) is 0 Å². The molecule has 2 aliphatic rings. The second-order valence-corrected chi connectivity index (χ2v) is 6.53. The van der Waals surface area contributed by atoms with Crippen LogP contribution in [0, 0.1) is 0 Å². The van der Waals surface area contributed by atoms with Crippen molar-refractivity contribution >= 4 is 5.97 Å². The topological polar surface area (TPSA) is 216 Å². The number of aliphatic hydroxyl groups is 8. The molecule has 0 spiro atoms. The summed E-state index contributed by atoms with van der Waals surface area (Å²) in [4.78, 5) is 11.3. The summed E-state index contributed by atoms with van der Waals surface area (Å²) in [5.74, 6) is -3.09. The standard InChI is InChI=1S/C15H26O13/c16-2-1-8(19)25-4-7-9(20)11(22)12(23)14(26-7)28-15(5-18)13(24)10(21)6(3-17)27-15/h6-7,9-14,16-18,20-24H,1-5H2/t6-,7-,9-,10-,11+,12-,13+,14-,15+/m1/s1. The van der Waals surface area contributed by atoms with Gasteiger partial charge in [0.25, 0.3) is 0 Å². The molecule has 0 aromatic rings. The van der Waals surface area contributed by atoms with Gasteiger partial charge in [-0.1, -0.05) is 0 Å². The minimum atomic E-state index is -2.29. The molecular formula is C15H26O13. The van der Waals surface area contributed by atoms with Crippen molar-refractivity contribution in [3.05, 3.63) is 0 Å². The minimum absolute atomic E-state index is 0.304. The zero-order valence-corrected chi connectivity index (χ0v) is 14.8. The minimum Gasteiger partial charge on any atom is -0.463 e. The first-order chi connectivity index (χ1) is 13.2. The fraction of sp³-hybridized carbons (Fsp3) is 0.933. The highest BCUT2D eigenvalue weighted by Gasteiger charge is 2.58. The van der Waals surface area contributed by atoms with E-state index < -0.39 is 87.2 Å². The molecule has 0 bridgehead atoms. The van der Waals surface area contributed by atoms with Gasteiger partial charge in [0.05, 0.1) is 19.6 Å². The number of aliphatic hydroxyl groups excluding tert-OH is 8. The van der Waals surface area contributed by atoms with E-state index in [1.807, 2.05) is 0 Å². The van der Waals surface area contributed by atoms with E-state index >= 15 is 0 Å². The van der Waals surface area contributed by atoms with Crippen LogP contribution in [-0.2, 0) is 23.7 Å². The number of rotatable bonds is 8. The molecule has 2 heterocycles. The van der Waals surface area contributed by atoms with Gasteiger partial charge in [-0.05, 0) is 0 Å². The van der Waals surface area contributed by atoms with Crippen LogP contribution in [0.5, 0.6) is 0 Å². The molecule has 13 nitrogen and oxygen atoms in total. The quantitative estimate of drug-likeness (QED) is 0.174. The molecule has 0 aliphatic carbocycles. The molecule has 0 saturated carbocycles. The maximum Gasteiger partial charge on any atom is 0.308 e. The fourth-order valence-corrected chi connectivity index (χ4v) is 2.96. The molecule has 8 N–H and O–H groups in total. The third kappa shape index (κ3) is 4.60. The molecule has 2 saturated heterocycles. The SMILES string of the molecule is O=C(CCO)OC[C@H]1O[C@H](O[C@]2(CO)O[C@H](CO)[C@@H](O)[C@@H]2O)[C@H](O)[C@@H](O)[C@@H]1O. The molecule has 0 unspecified atom stereocenters. The molecule has 13 heteroatoms. The van der Waals surface area contributed by atoms with Crippen LogP contribution in [0.1, 0.15) is 6.42 Å². The van der Waals surface area contributed by atoms with Crippen LogP contribution in [-0.4, -0.2) is 128 Å². The summed E-state index contributed by atoms with van der Waals surface area (Å²) in [6, 6.07) is 0. The van der Waals surface area contributed by atoms with Gasteiger partial charge in [0, 0.05) is 0 Å². The van der Waals surface area contributed by atoms with Crippen molar-refractivity contribution in [1.82, 2.24) is 0 Å². The van der Waals surface area contributed by atoms with Crippen molar-refractivity contribution in [3.8, 4) is 0 Å². The fourth-order valence-electron chi connectivity index (χ4n) is 2.96. The number of carbonyl (C=O) groups excluding carboxylic acids is 1. The van der Waals surface area contributed by atoms with E-state index in [1.54, 1.807) is 0 Å². The maximum absolute atomic E-state index is 11.3. The second-order valence-electron chi connectivity index (χ2n) is 6.53. The molecule has 2 rings (SSSR count). The molecule has 2 aliphatic heterocycles. The zero-order valence-electron chi connectivity index (χ0n) is 14.8. The largest absolute Gasteiger partial charge is 0.463 e. The van der Waals surface area contributed by atoms with Gasteiger partial charge in [0.1, 0.15) is 55.9 Å². The van der Waals surface area contributed by atoms with E-state index in [9.17, 15) is 40.5 Å². The smallest absolute Gasteiger partial charge is 0.308 e. The lowest BCUT2D eigenvalue weighted by Gasteiger charge is -2.43. The van der Waals surface area contributed by atoms with E-state index in [2.05, 4.69) is 0 Å². The number of ether oxygens (including phenoxy) is 4. The number of hydrogen-bond donors (Lipinski definition) is 8. The van der Waals surface area contributed by atoms with Crippen molar-refractivity contribution in [3.63, 3.8) is 0 Å². The Morgan fingerprint density at radius 3 is 2.14 bits per heavy atom. The summed E-state index contributed by atoms with van der Waals surface area (Å²) >= 11 is 0. The molecular weight excluding hydrogens is 388 g/mol. The Morgan fingerprint density at radius 1 is 0.929 bits per heavy atom. The van der Waals surface area contributed by atoms with Crippen molar-refractivity contribution < 1.29 is 64.6 Å². The van der Waals surface area contributed by atoms with Gasteiger partial charge >= 0.3 is 5.97 Å². The normalized spacial score (nSPS) is 43.9. The van der Waals surface area contributed by atoms with Gasteiger partial charge in [0.2, 0.25) is 5.79 Å². The first kappa shape index (κ1) is 23.3. The van der Waals surface area contributed by atoms with Crippen LogP contribution < -0.4 is 0 Å². The van der Waals surface area contributed by atoms with Crippen molar-refractivity contribution in [2.24, 2.45) is 0 Å². The molecule has 164 valence electrons. The van der Waals surface area contributed by atoms with Crippen molar-refractivity contribution in [2.75, 3.05) is 26.4 Å². The van der Waals surface area contributed by atoms with Crippen LogP contribution >= 0.6 is 0 Å². The lowest BCUT2D eigenvalue weighted by Crippen LogP contribution is -2.62. The first-order valence-electron chi connectivity index (χ1n) is 8.60. The molecule has 0 aromatic carbocycles. The average Bonchev–Trinajstić information content (AvgIpc) is 2.92. The Hall–Kier alpha value is -0.970. The third-order valence-corrected chi connectivity index (χ3v) is 4.61. The lowest BCUT2D eigenvalue weighted by molar-refractivity contribution is -0.383. The summed E-state index contributed by atoms with van der Waals surface area (Å²) < 4.78 is 20.5. The predicted octanol–water partition coefficient (Wildman–Crippen LogP) is -5.46. The van der Waals surface area contributed by atoms with Gasteiger partial charge < -0.3 is 59.8 Å². The summed E-state index contributed by atoms with van der Waals surface area (Å²) in [5, 5.41) is 77.5. The Balaban J connectivity index is 2.11. The van der Waals surface area contributed by atoms with Crippen LogP contribution in [0.2, 0.25) is 0 Å². The van der Waals surface area contributed by atoms with Crippen molar-refractivity contribution in [1.29, 1.82) is 0 Å². The lowest BCUT2D eigenvalue weighted by atomic mass is 9.99. The highest BCUT2D eigenvalue weighted by Crippen LogP contribution is 2.35. The van der Waals surface area contributed by atoms with Crippen LogP contribution in [0.15, 0.2) is 0 Å². The van der Waals surface area contributed by atoms with E-state index in [0.29, 0.717) is 0 Å². The summed E-state index contributed by atoms with van der Waals surface area (Å²) in [5.41, 5.74) is 0. The van der Waals surface area contributed by atoms with Gasteiger partial charge in [-0.2, -0.15) is 0 Å². The van der Waals surface area contributed by atoms with Crippen LogP contribution in [0.4, 0.5) is 0 Å². The molecule has 0 radical (unpaired) electrons. The van der Waals surface area contributed by atoms with Gasteiger partial charge in [0.15, 0.2) is 6.29 Å². The van der Waals surface area contributed by atoms with E-state index in [4.69, 9.17) is 24.1 Å². The highest BCUT2D eigenvalue weighted by atomic mass is 16.8. The number of esters is 1. The molecule has 0 amide bonds. The van der Waals surface area contributed by atoms with E-state index in [0.717, 1.165) is 0 Å². The Kier molecular flexibility index (Phi) is 8.06. The van der Waals surface area contributed by atoms with Crippen molar-refractivity contribution in [2.45, 2.75) is 61.2 Å². The monoisotopic (exact) mass is 414 g/mol. The van der Waals surface area contributed by atoms with Gasteiger partial charge in [-0.15, -0.1) is 0 Å². The number of hydrogen-bond acceptors (Lipinski definition) is 13. The number of carbonyl (C=O) groups is 1. The highest BCUT2D eigenvalue weighted by molar-refractivity contribution is 5.69. The Labute approximate surface area is 159 Å². The maximum atomic E-state index is 11.3. The summed E-state index contributed by atoms with van der Waals surface area (Å²) in [7, 11) is 0. The summed E-state index contributed by atoms with van der Waals surface area (Å²) in [6.45, 7) is -2.73. The van der Waals surface area contributed by atoms with Gasteiger partial charge in [-0.3, -0.25) is 4.79 Å². The Bertz CT molecular complexity index is 518. The second kappa shape index (κ2) is 9.69. The van der Waals surface area contributed by atoms with E-state index in [-0.39, 0.29) is 6.42 Å². The molecule has 0 aromatic heterocycles. The third-order valence-electron chi connectivity index (χ3n) is 4.61. The molecule has 2 fully saturated rings. The van der Waals surface area contributed by atoms with Crippen LogP contribution in [0.3, 0.4) is 0 Å². The molecule has 9 atom stereocenters. The van der Waals surface area contributed by atoms with E-state index in [1.165, 1.54) is 0 Å². The summed E-state index contributed by atoms with van der Waals surface area (Å²) in [6.07, 6.45) is -13.5.